The Balaban J connectivity index is 1.85. The molecule has 6 atom stereocenters. The van der Waals surface area contributed by atoms with E-state index in [4.69, 9.17) is 29.5 Å². The van der Waals surface area contributed by atoms with Crippen LogP contribution in [-0.2, 0) is 36.3 Å². The van der Waals surface area contributed by atoms with Crippen molar-refractivity contribution >= 4 is 40.4 Å². The van der Waals surface area contributed by atoms with Gasteiger partial charge >= 0.3 is 23.5 Å². The summed E-state index contributed by atoms with van der Waals surface area (Å²) < 4.78 is 58.4. The SMILES string of the molecule is COC[C@H]1O[C@@H](n2cnc3c(N)ncnc32)[C@H](O)[C@@H]1OP(=O)(O)OP(=O)(O)OP(=O)(O)O. The number of nitrogens with two attached hydrogens (primary N) is 1. The number of imidazole rings is 1. The van der Waals surface area contributed by atoms with Crippen LogP contribution in [-0.4, -0.2) is 76.2 Å². The first-order valence-electron chi connectivity index (χ1n) is 8.31. The molecule has 0 bridgehead atoms. The van der Waals surface area contributed by atoms with Crippen LogP contribution in [0.3, 0.4) is 0 Å². The number of anilines is 1. The van der Waals surface area contributed by atoms with Crippen LogP contribution in [0, 0.1) is 0 Å². The molecular formula is C11H18N5O13P3. The number of ether oxygens (including phenoxy) is 2. The molecular weight excluding hydrogens is 503 g/mol. The van der Waals surface area contributed by atoms with E-state index in [-0.39, 0.29) is 23.6 Å². The summed E-state index contributed by atoms with van der Waals surface area (Å²) in [4.78, 5) is 48.1. The molecule has 1 saturated heterocycles. The second-order valence-electron chi connectivity index (χ2n) is 6.26. The van der Waals surface area contributed by atoms with Gasteiger partial charge in [-0.15, -0.1) is 0 Å². The molecule has 2 aromatic rings. The Morgan fingerprint density at radius 2 is 1.81 bits per heavy atom. The molecule has 0 aliphatic carbocycles. The highest BCUT2D eigenvalue weighted by atomic mass is 31.3. The number of methoxy groups -OCH3 is 1. The van der Waals surface area contributed by atoms with E-state index in [2.05, 4.69) is 23.6 Å². The summed E-state index contributed by atoms with van der Waals surface area (Å²) in [6.45, 7) is -0.280. The van der Waals surface area contributed by atoms with Crippen molar-refractivity contribution in [2.24, 2.45) is 0 Å². The first-order valence-corrected chi connectivity index (χ1v) is 12.8. The molecule has 3 heterocycles. The van der Waals surface area contributed by atoms with Gasteiger partial charge in [0.15, 0.2) is 17.7 Å². The van der Waals surface area contributed by atoms with Crippen LogP contribution in [0.15, 0.2) is 12.7 Å². The fourth-order valence-electron chi connectivity index (χ4n) is 2.89. The van der Waals surface area contributed by atoms with Gasteiger partial charge in [0.05, 0.1) is 12.9 Å². The van der Waals surface area contributed by atoms with Gasteiger partial charge in [0.25, 0.3) is 0 Å². The van der Waals surface area contributed by atoms with Crippen molar-refractivity contribution in [1.82, 2.24) is 19.5 Å². The molecule has 18 nitrogen and oxygen atoms in total. The normalized spacial score (nSPS) is 27.9. The number of nitrogen functional groups attached to an aromatic ring is 1. The van der Waals surface area contributed by atoms with E-state index in [1.165, 1.54) is 18.0 Å². The summed E-state index contributed by atoms with van der Waals surface area (Å²) in [5.41, 5.74) is 6.04. The van der Waals surface area contributed by atoms with Crippen LogP contribution in [0.25, 0.3) is 11.2 Å². The second-order valence-corrected chi connectivity index (χ2v) is 10.6. The number of hydrogen-bond donors (Lipinski definition) is 6. The lowest BCUT2D eigenvalue weighted by Gasteiger charge is -2.23. The first kappa shape index (κ1) is 25.3. The summed E-state index contributed by atoms with van der Waals surface area (Å²) >= 11 is 0. The zero-order valence-electron chi connectivity index (χ0n) is 15.9. The largest absolute Gasteiger partial charge is 0.490 e. The molecule has 1 fully saturated rings. The van der Waals surface area contributed by atoms with Crippen LogP contribution in [0.1, 0.15) is 6.23 Å². The highest BCUT2D eigenvalue weighted by Crippen LogP contribution is 2.67. The van der Waals surface area contributed by atoms with Crippen molar-refractivity contribution < 1.29 is 61.0 Å². The van der Waals surface area contributed by atoms with E-state index in [1.807, 2.05) is 0 Å². The first-order chi connectivity index (χ1) is 14.7. The number of fused-ring (bicyclic) bond motifs is 1. The van der Waals surface area contributed by atoms with Gasteiger partial charge in [0.2, 0.25) is 0 Å². The Labute approximate surface area is 178 Å². The van der Waals surface area contributed by atoms with Crippen molar-refractivity contribution in [3.8, 4) is 0 Å². The smallest absolute Gasteiger partial charge is 0.386 e. The number of nitrogens with zero attached hydrogens (tertiary/aromatic N) is 4. The number of rotatable bonds is 9. The van der Waals surface area contributed by atoms with Crippen LogP contribution < -0.4 is 5.73 Å². The molecule has 0 radical (unpaired) electrons. The van der Waals surface area contributed by atoms with Crippen LogP contribution in [0.5, 0.6) is 0 Å². The molecule has 7 N–H and O–H groups in total. The van der Waals surface area contributed by atoms with Gasteiger partial charge < -0.3 is 39.9 Å². The van der Waals surface area contributed by atoms with E-state index in [1.54, 1.807) is 0 Å². The van der Waals surface area contributed by atoms with Gasteiger partial charge in [-0.1, -0.05) is 0 Å². The maximum absolute atomic E-state index is 12.2. The molecule has 0 amide bonds. The maximum Gasteiger partial charge on any atom is 0.490 e. The van der Waals surface area contributed by atoms with Crippen LogP contribution >= 0.6 is 23.5 Å². The van der Waals surface area contributed by atoms with Crippen molar-refractivity contribution in [3.05, 3.63) is 12.7 Å². The maximum atomic E-state index is 12.2. The molecule has 0 saturated carbocycles. The second kappa shape index (κ2) is 9.12. The van der Waals surface area contributed by atoms with E-state index >= 15 is 0 Å². The van der Waals surface area contributed by atoms with Crippen molar-refractivity contribution in [1.29, 1.82) is 0 Å². The minimum Gasteiger partial charge on any atom is -0.386 e. The average molecular weight is 521 g/mol. The number of aliphatic hydroxyl groups excluding tert-OH is 1. The summed E-state index contributed by atoms with van der Waals surface area (Å²) in [5.74, 6) is 0.0412. The Morgan fingerprint density at radius 1 is 1.12 bits per heavy atom. The van der Waals surface area contributed by atoms with E-state index in [9.17, 15) is 28.6 Å². The Hall–Kier alpha value is -1.36. The molecule has 3 rings (SSSR count). The topological polar surface area (TPSA) is 268 Å². The average Bonchev–Trinajstić information content (AvgIpc) is 3.16. The number of aliphatic hydroxyl groups is 1. The molecule has 32 heavy (non-hydrogen) atoms. The summed E-state index contributed by atoms with van der Waals surface area (Å²) in [6, 6.07) is 0. The number of hydrogen-bond acceptors (Lipinski definition) is 13. The van der Waals surface area contributed by atoms with Gasteiger partial charge in [0, 0.05) is 7.11 Å². The Kier molecular flexibility index (Phi) is 7.20. The third-order valence-electron chi connectivity index (χ3n) is 3.97. The lowest BCUT2D eigenvalue weighted by molar-refractivity contribution is -0.0577. The van der Waals surface area contributed by atoms with Crippen LogP contribution in [0.2, 0.25) is 0 Å². The fourth-order valence-corrected chi connectivity index (χ4v) is 6.12. The molecule has 0 spiro atoms. The highest BCUT2D eigenvalue weighted by Gasteiger charge is 2.51. The molecule has 2 aromatic heterocycles. The monoisotopic (exact) mass is 521 g/mol. The van der Waals surface area contributed by atoms with Gasteiger partial charge in [-0.3, -0.25) is 9.09 Å². The third-order valence-corrected chi connectivity index (χ3v) is 7.81. The van der Waals surface area contributed by atoms with Gasteiger partial charge in [0.1, 0.15) is 30.2 Å². The molecule has 180 valence electrons. The summed E-state index contributed by atoms with van der Waals surface area (Å²) in [7, 11) is -15.6. The predicted octanol–water partition coefficient (Wildman–Crippen LogP) is -0.975. The van der Waals surface area contributed by atoms with Gasteiger partial charge in [-0.05, 0) is 0 Å². The number of aromatic nitrogens is 4. The molecule has 1 aliphatic heterocycles. The van der Waals surface area contributed by atoms with Crippen molar-refractivity contribution in [3.63, 3.8) is 0 Å². The minimum atomic E-state index is -5.75. The zero-order valence-corrected chi connectivity index (χ0v) is 18.6. The molecule has 0 aromatic carbocycles. The number of phosphoric ester groups is 1. The summed E-state index contributed by atoms with van der Waals surface area (Å²) in [5, 5.41) is 10.7. The number of phosphoric acid groups is 3. The third kappa shape index (κ3) is 5.76. The molecule has 1 aliphatic rings. The van der Waals surface area contributed by atoms with Gasteiger partial charge in [-0.2, -0.15) is 8.62 Å². The van der Waals surface area contributed by atoms with Crippen molar-refractivity contribution in [2.45, 2.75) is 24.5 Å². The molecule has 2 unspecified atom stereocenters. The van der Waals surface area contributed by atoms with E-state index in [0.29, 0.717) is 0 Å². The van der Waals surface area contributed by atoms with Gasteiger partial charge in [-0.25, -0.2) is 28.6 Å². The van der Waals surface area contributed by atoms with Crippen LogP contribution in [0.4, 0.5) is 5.82 Å². The lowest BCUT2D eigenvalue weighted by Crippen LogP contribution is -2.36. The van der Waals surface area contributed by atoms with E-state index in [0.717, 1.165) is 6.33 Å². The standard InChI is InChI=1S/C11H18N5O13P3/c1-25-2-5-8(27-31(21,22)29-32(23,24)28-30(18,19)20)7(17)11(26-5)16-4-15-6-9(12)13-3-14-10(6)16/h3-5,7-8,11,17H,2H2,1H3,(H,21,22)(H,23,24)(H2,12,13,14)(H2,18,19,20)/t5-,7-,8-,11-/m1/s1. The fraction of sp³-hybridized carbons (Fsp3) is 0.545. The lowest BCUT2D eigenvalue weighted by atomic mass is 10.1. The highest BCUT2D eigenvalue weighted by molar-refractivity contribution is 7.66. The van der Waals surface area contributed by atoms with Crippen molar-refractivity contribution in [2.75, 3.05) is 19.5 Å². The Morgan fingerprint density at radius 3 is 2.44 bits per heavy atom. The predicted molar refractivity (Wildman–Crippen MR) is 100 cm³/mol. The Bertz CT molecular complexity index is 1120. The summed E-state index contributed by atoms with van der Waals surface area (Å²) in [6.07, 6.45) is -3.59. The molecule has 21 heteroatoms. The quantitative estimate of drug-likeness (QED) is 0.216. The van der Waals surface area contributed by atoms with E-state index < -0.39 is 48.0 Å². The zero-order chi connectivity index (χ0) is 23.9. The minimum absolute atomic E-state index is 0.0412.